The minimum atomic E-state index is 0. The minimum absolute atomic E-state index is 0. The van der Waals surface area contributed by atoms with Crippen molar-refractivity contribution < 1.29 is 74.4 Å². The van der Waals surface area contributed by atoms with Gasteiger partial charge in [-0.3, -0.25) is 0 Å². The molecule has 4 aromatic carbocycles. The number of hydrogen-bond donors (Lipinski definition) is 0. The summed E-state index contributed by atoms with van der Waals surface area (Å²) in [6.07, 6.45) is 0. The van der Waals surface area contributed by atoms with E-state index < -0.39 is 0 Å². The van der Waals surface area contributed by atoms with Gasteiger partial charge in [0, 0.05) is 0 Å². The first-order chi connectivity index (χ1) is 11.5. The maximum Gasteiger partial charge on any atom is 1.00 e. The van der Waals surface area contributed by atoms with Gasteiger partial charge in [0.05, 0.1) is 0 Å². The monoisotopic (exact) mass is 460 g/mol. The topological polar surface area (TPSA) is 30.0 Å². The molecule has 1 N–H and O–H groups in total. The van der Waals surface area contributed by atoms with Crippen molar-refractivity contribution in [2.24, 2.45) is 0 Å². The third kappa shape index (κ3) is 4.12. The van der Waals surface area contributed by atoms with Gasteiger partial charge in [0.25, 0.3) is 0 Å². The zero-order chi connectivity index (χ0) is 16.7. The van der Waals surface area contributed by atoms with E-state index in [1.54, 1.807) is 0 Å². The van der Waals surface area contributed by atoms with Gasteiger partial charge in [-0.05, 0) is 55.8 Å². The third-order valence-corrected chi connectivity index (χ3v) is 4.77. The molecule has 1 nitrogen and oxygen atoms in total. The molecule has 0 saturated heterocycles. The summed E-state index contributed by atoms with van der Waals surface area (Å²) >= 11 is 0. The van der Waals surface area contributed by atoms with E-state index in [9.17, 15) is 0 Å². The Balaban J connectivity index is 0.00000121. The fourth-order valence-electron chi connectivity index (χ4n) is 3.57. The molecule has 0 aliphatic carbocycles. The third-order valence-electron chi connectivity index (χ3n) is 4.77. The van der Waals surface area contributed by atoms with Crippen molar-refractivity contribution >= 4 is 21.5 Å². The van der Waals surface area contributed by atoms with E-state index >= 15 is 0 Å². The van der Waals surface area contributed by atoms with E-state index in [0.717, 1.165) is 0 Å². The Morgan fingerprint density at radius 1 is 0.577 bits per heavy atom. The van der Waals surface area contributed by atoms with Crippen LogP contribution in [0.2, 0.25) is 0 Å². The second-order valence-electron chi connectivity index (χ2n) is 7.52. The molecule has 4 rings (SSSR count). The van der Waals surface area contributed by atoms with Gasteiger partial charge >= 0.3 is 68.9 Å². The van der Waals surface area contributed by atoms with E-state index in [2.05, 4.69) is 99.6 Å². The largest absolute Gasteiger partial charge is 1.00 e. The zero-order valence-corrected chi connectivity index (χ0v) is 22.2. The predicted molar refractivity (Wildman–Crippen MR) is 108 cm³/mol. The molecule has 126 valence electrons. The molecule has 0 heterocycles. The smallest absolute Gasteiger partial charge is 0.870 e. The van der Waals surface area contributed by atoms with Gasteiger partial charge in [-0.25, -0.2) is 0 Å². The van der Waals surface area contributed by atoms with Crippen molar-refractivity contribution in [2.45, 2.75) is 26.2 Å². The standard InChI is InChI=1S/C24H22.Cs.H2O/c1-24(2,3)23-14-7-6-12-21(23)20-13-8-11-19-15-17-9-4-5-10-18(17)16-22(19)20;;/h4-16H,1-3H3;;1H2/q;+1;/p-1. The second kappa shape index (κ2) is 8.61. The van der Waals surface area contributed by atoms with E-state index in [4.69, 9.17) is 0 Å². The van der Waals surface area contributed by atoms with Crippen LogP contribution in [0.4, 0.5) is 0 Å². The number of fused-ring (bicyclic) bond motifs is 2. The molecule has 0 spiro atoms. The van der Waals surface area contributed by atoms with Crippen LogP contribution in [-0.4, -0.2) is 5.48 Å². The van der Waals surface area contributed by atoms with Gasteiger partial charge in [-0.15, -0.1) is 0 Å². The maximum absolute atomic E-state index is 2.33. The molecule has 0 atom stereocenters. The summed E-state index contributed by atoms with van der Waals surface area (Å²) in [6.45, 7) is 6.85. The quantitative estimate of drug-likeness (QED) is 0.398. The average Bonchev–Trinajstić information content (AvgIpc) is 2.58. The van der Waals surface area contributed by atoms with Gasteiger partial charge in [0.15, 0.2) is 0 Å². The van der Waals surface area contributed by atoms with Crippen molar-refractivity contribution in [1.82, 2.24) is 0 Å². The molecular formula is C24H23CsO. The van der Waals surface area contributed by atoms with Crippen LogP contribution in [-0.2, 0) is 5.41 Å². The van der Waals surface area contributed by atoms with E-state index in [1.165, 1.54) is 38.2 Å². The molecule has 0 saturated carbocycles. The summed E-state index contributed by atoms with van der Waals surface area (Å²) in [5.41, 5.74) is 4.18. The van der Waals surface area contributed by atoms with E-state index in [-0.39, 0.29) is 79.8 Å². The zero-order valence-electron chi connectivity index (χ0n) is 16.0. The molecule has 0 bridgehead atoms. The Hall–Kier alpha value is -0.588. The van der Waals surface area contributed by atoms with Crippen molar-refractivity contribution in [1.29, 1.82) is 0 Å². The average molecular weight is 460 g/mol. The van der Waals surface area contributed by atoms with Crippen LogP contribution in [0.5, 0.6) is 0 Å². The van der Waals surface area contributed by atoms with Gasteiger partial charge < -0.3 is 5.48 Å². The second-order valence-corrected chi connectivity index (χ2v) is 7.52. The summed E-state index contributed by atoms with van der Waals surface area (Å²) in [4.78, 5) is 0. The van der Waals surface area contributed by atoms with Gasteiger partial charge in [-0.2, -0.15) is 0 Å². The first-order valence-corrected chi connectivity index (χ1v) is 8.55. The molecule has 0 aliphatic rings. The number of hydrogen-bond acceptors (Lipinski definition) is 1. The van der Waals surface area contributed by atoms with Crippen molar-refractivity contribution in [3.8, 4) is 11.1 Å². The molecular weight excluding hydrogens is 437 g/mol. The predicted octanol–water partition coefficient (Wildman–Crippen LogP) is 3.78. The summed E-state index contributed by atoms with van der Waals surface area (Å²) < 4.78 is 0. The van der Waals surface area contributed by atoms with Crippen molar-refractivity contribution in [3.63, 3.8) is 0 Å². The van der Waals surface area contributed by atoms with Crippen LogP contribution < -0.4 is 68.9 Å². The Morgan fingerprint density at radius 2 is 1.12 bits per heavy atom. The fourth-order valence-corrected chi connectivity index (χ4v) is 3.57. The molecule has 0 radical (unpaired) electrons. The normalized spacial score (nSPS) is 11.0. The summed E-state index contributed by atoms with van der Waals surface area (Å²) in [5, 5.41) is 5.22. The van der Waals surface area contributed by atoms with Gasteiger partial charge in [-0.1, -0.05) is 87.5 Å². The molecule has 0 unspecified atom stereocenters. The van der Waals surface area contributed by atoms with Crippen LogP contribution in [0.3, 0.4) is 0 Å². The SMILES string of the molecule is CC(C)(C)c1ccccc1-c1cccc2cc3ccccc3cc12.[Cs+].[OH-]. The van der Waals surface area contributed by atoms with Crippen molar-refractivity contribution in [3.05, 3.63) is 84.4 Å². The van der Waals surface area contributed by atoms with E-state index in [0.29, 0.717) is 0 Å². The minimum Gasteiger partial charge on any atom is -0.870 e. The Labute approximate surface area is 214 Å². The van der Waals surface area contributed by atoms with Gasteiger partial charge in [0.2, 0.25) is 0 Å². The Morgan fingerprint density at radius 3 is 1.81 bits per heavy atom. The molecule has 26 heavy (non-hydrogen) atoms. The van der Waals surface area contributed by atoms with Crippen LogP contribution in [0.1, 0.15) is 26.3 Å². The molecule has 0 amide bonds. The van der Waals surface area contributed by atoms with Crippen LogP contribution >= 0.6 is 0 Å². The van der Waals surface area contributed by atoms with Crippen LogP contribution in [0, 0.1) is 0 Å². The number of rotatable bonds is 1. The Bertz CT molecular complexity index is 1040. The summed E-state index contributed by atoms with van der Waals surface area (Å²) in [6, 6.07) is 28.7. The molecule has 2 heteroatoms. The summed E-state index contributed by atoms with van der Waals surface area (Å²) in [7, 11) is 0. The molecule has 0 aromatic heterocycles. The first-order valence-electron chi connectivity index (χ1n) is 8.55. The van der Waals surface area contributed by atoms with E-state index in [1.807, 2.05) is 0 Å². The maximum atomic E-state index is 2.33. The summed E-state index contributed by atoms with van der Waals surface area (Å²) in [5.74, 6) is 0. The molecule has 0 fully saturated rings. The van der Waals surface area contributed by atoms with Crippen LogP contribution in [0.15, 0.2) is 78.9 Å². The number of benzene rings is 4. The van der Waals surface area contributed by atoms with Crippen LogP contribution in [0.25, 0.3) is 32.7 Å². The van der Waals surface area contributed by atoms with Crippen molar-refractivity contribution in [2.75, 3.05) is 0 Å². The fraction of sp³-hybridized carbons (Fsp3) is 0.167. The molecule has 0 aliphatic heterocycles. The van der Waals surface area contributed by atoms with Gasteiger partial charge in [0.1, 0.15) is 0 Å². The first kappa shape index (κ1) is 21.7. The Kier molecular flexibility index (Phi) is 7.19. The molecule has 4 aromatic rings.